The molecule has 2 aromatic carbocycles. The molecule has 0 saturated carbocycles. The van der Waals surface area contributed by atoms with Gasteiger partial charge in [-0.2, -0.15) is 0 Å². The van der Waals surface area contributed by atoms with E-state index in [1.807, 2.05) is 11.0 Å². The lowest BCUT2D eigenvalue weighted by atomic mass is 10.1. The Labute approximate surface area is 230 Å². The van der Waals surface area contributed by atoms with Crippen molar-refractivity contribution in [3.63, 3.8) is 0 Å². The first kappa shape index (κ1) is 29.5. The minimum absolute atomic E-state index is 0. The highest BCUT2D eigenvalue weighted by Crippen LogP contribution is 2.31. The molecule has 2 heterocycles. The van der Waals surface area contributed by atoms with Crippen LogP contribution in [0.1, 0.15) is 38.3 Å². The van der Waals surface area contributed by atoms with E-state index >= 15 is 0 Å². The highest BCUT2D eigenvalue weighted by molar-refractivity contribution is 7.92. The molecule has 1 fully saturated rings. The SMILES string of the molecule is CCc1cccc2sc(N(CCCN3CCOCC3)C(=O)Cc3ccc(S(=O)(=O)C(C)C)cc3)nc12.Cl. The van der Waals surface area contributed by atoms with Crippen molar-refractivity contribution < 1.29 is 17.9 Å². The first-order valence-electron chi connectivity index (χ1n) is 12.6. The number of fused-ring (bicyclic) bond motifs is 1. The monoisotopic (exact) mass is 565 g/mol. The topological polar surface area (TPSA) is 79.8 Å². The van der Waals surface area contributed by atoms with Crippen LogP contribution >= 0.6 is 23.7 Å². The van der Waals surface area contributed by atoms with Gasteiger partial charge in [0.15, 0.2) is 15.0 Å². The van der Waals surface area contributed by atoms with Gasteiger partial charge in [0.25, 0.3) is 0 Å². The van der Waals surface area contributed by atoms with Crippen LogP contribution in [0.5, 0.6) is 0 Å². The number of anilines is 1. The van der Waals surface area contributed by atoms with E-state index in [2.05, 4.69) is 24.0 Å². The van der Waals surface area contributed by atoms with Crippen molar-refractivity contribution in [3.05, 3.63) is 53.6 Å². The van der Waals surface area contributed by atoms with Crippen LogP contribution in [0.15, 0.2) is 47.4 Å². The van der Waals surface area contributed by atoms with Gasteiger partial charge in [0.2, 0.25) is 5.91 Å². The van der Waals surface area contributed by atoms with E-state index in [0.717, 1.165) is 66.6 Å². The van der Waals surface area contributed by atoms with Gasteiger partial charge in [-0.25, -0.2) is 13.4 Å². The van der Waals surface area contributed by atoms with E-state index in [4.69, 9.17) is 9.72 Å². The molecule has 202 valence electrons. The Kier molecular flexibility index (Phi) is 10.5. The maximum Gasteiger partial charge on any atom is 0.233 e. The third kappa shape index (κ3) is 7.09. The highest BCUT2D eigenvalue weighted by Gasteiger charge is 2.23. The summed E-state index contributed by atoms with van der Waals surface area (Å²) in [5, 5.41) is 0.232. The molecule has 0 atom stereocenters. The number of sulfone groups is 1. The van der Waals surface area contributed by atoms with Crippen LogP contribution in [0.3, 0.4) is 0 Å². The molecule has 1 saturated heterocycles. The summed E-state index contributed by atoms with van der Waals surface area (Å²) in [5.41, 5.74) is 2.93. The lowest BCUT2D eigenvalue weighted by Gasteiger charge is -2.27. The van der Waals surface area contributed by atoms with Gasteiger partial charge in [-0.1, -0.05) is 42.5 Å². The molecule has 0 aliphatic carbocycles. The second-order valence-electron chi connectivity index (χ2n) is 9.38. The second kappa shape index (κ2) is 13.2. The maximum absolute atomic E-state index is 13.6. The van der Waals surface area contributed by atoms with Crippen molar-refractivity contribution in [2.24, 2.45) is 0 Å². The van der Waals surface area contributed by atoms with Crippen LogP contribution < -0.4 is 4.90 Å². The third-order valence-electron chi connectivity index (χ3n) is 6.59. The first-order chi connectivity index (χ1) is 17.3. The number of morpholine rings is 1. The van der Waals surface area contributed by atoms with Gasteiger partial charge < -0.3 is 4.74 Å². The Morgan fingerprint density at radius 2 is 1.84 bits per heavy atom. The number of carbonyl (C=O) groups is 1. The molecule has 3 aromatic rings. The molecule has 1 aliphatic heterocycles. The number of thiazole rings is 1. The average molecular weight is 566 g/mol. The summed E-state index contributed by atoms with van der Waals surface area (Å²) < 4.78 is 31.4. The number of hydrogen-bond donors (Lipinski definition) is 0. The van der Waals surface area contributed by atoms with Gasteiger partial charge in [0.05, 0.1) is 40.0 Å². The fraction of sp³-hybridized carbons (Fsp3) is 0.481. The van der Waals surface area contributed by atoms with Crippen LogP contribution in [0.2, 0.25) is 0 Å². The standard InChI is InChI=1S/C27H35N3O4S2.ClH/c1-4-22-7-5-8-24-26(22)28-27(35-24)30(14-6-13-29-15-17-34-18-16-29)25(31)19-21-9-11-23(12-10-21)36(32,33)20(2)3;/h5,7-12,20H,4,6,13-19H2,1-3H3;1H. The van der Waals surface area contributed by atoms with Gasteiger partial charge in [-0.15, -0.1) is 12.4 Å². The molecule has 1 amide bonds. The van der Waals surface area contributed by atoms with Crippen LogP contribution in [-0.4, -0.2) is 68.9 Å². The van der Waals surface area contributed by atoms with Crippen molar-refractivity contribution in [2.75, 3.05) is 44.3 Å². The van der Waals surface area contributed by atoms with Crippen molar-refractivity contribution in [3.8, 4) is 0 Å². The number of benzene rings is 2. The van der Waals surface area contributed by atoms with Crippen molar-refractivity contribution in [1.29, 1.82) is 0 Å². The molecule has 7 nitrogen and oxygen atoms in total. The largest absolute Gasteiger partial charge is 0.379 e. The minimum atomic E-state index is -3.34. The summed E-state index contributed by atoms with van der Waals surface area (Å²) in [5.74, 6) is -0.0338. The lowest BCUT2D eigenvalue weighted by molar-refractivity contribution is -0.118. The molecule has 0 radical (unpaired) electrons. The van der Waals surface area contributed by atoms with E-state index in [1.54, 1.807) is 49.4 Å². The van der Waals surface area contributed by atoms with Gasteiger partial charge in [-0.05, 0) is 56.0 Å². The number of halogens is 1. The molecule has 0 N–H and O–H groups in total. The summed E-state index contributed by atoms with van der Waals surface area (Å²) in [6.45, 7) is 10.3. The van der Waals surface area contributed by atoms with Gasteiger partial charge >= 0.3 is 0 Å². The van der Waals surface area contributed by atoms with Gasteiger partial charge in [-0.3, -0.25) is 14.6 Å². The summed E-state index contributed by atoms with van der Waals surface area (Å²) in [4.78, 5) is 22.9. The Morgan fingerprint density at radius 1 is 1.14 bits per heavy atom. The van der Waals surface area contributed by atoms with Crippen LogP contribution in [0.4, 0.5) is 5.13 Å². The van der Waals surface area contributed by atoms with Crippen molar-refractivity contribution in [2.45, 2.75) is 50.2 Å². The van der Waals surface area contributed by atoms with E-state index in [-0.39, 0.29) is 29.6 Å². The Bertz CT molecular complexity index is 1290. The zero-order valence-corrected chi connectivity index (χ0v) is 24.1. The number of para-hydroxylation sites is 1. The summed E-state index contributed by atoms with van der Waals surface area (Å²) >= 11 is 1.55. The van der Waals surface area contributed by atoms with Gasteiger partial charge in [0, 0.05) is 26.2 Å². The predicted octanol–water partition coefficient (Wildman–Crippen LogP) is 4.76. The van der Waals surface area contributed by atoms with Crippen molar-refractivity contribution in [1.82, 2.24) is 9.88 Å². The molecule has 0 unspecified atom stereocenters. The van der Waals surface area contributed by atoms with Crippen LogP contribution in [0, 0.1) is 0 Å². The van der Waals surface area contributed by atoms with E-state index in [1.165, 1.54) is 5.56 Å². The fourth-order valence-corrected chi connectivity index (χ4v) is 6.45. The number of hydrogen-bond acceptors (Lipinski definition) is 7. The zero-order valence-electron chi connectivity index (χ0n) is 21.7. The Morgan fingerprint density at radius 3 is 2.49 bits per heavy atom. The van der Waals surface area contributed by atoms with E-state index in [0.29, 0.717) is 6.54 Å². The average Bonchev–Trinajstić information content (AvgIpc) is 3.31. The Hall–Kier alpha value is -2.04. The number of ether oxygens (including phenoxy) is 1. The predicted molar refractivity (Wildman–Crippen MR) is 153 cm³/mol. The minimum Gasteiger partial charge on any atom is -0.379 e. The van der Waals surface area contributed by atoms with Crippen molar-refractivity contribution >= 4 is 54.8 Å². The molecular formula is C27H36ClN3O4S2. The quantitative estimate of drug-likeness (QED) is 0.352. The normalized spacial score (nSPS) is 14.6. The van der Waals surface area contributed by atoms with Gasteiger partial charge in [0.1, 0.15) is 0 Å². The molecule has 1 aliphatic rings. The smallest absolute Gasteiger partial charge is 0.233 e. The third-order valence-corrected chi connectivity index (χ3v) is 9.81. The Balaban J connectivity index is 0.00000380. The number of rotatable bonds is 10. The van der Waals surface area contributed by atoms with E-state index < -0.39 is 15.1 Å². The molecule has 0 bridgehead atoms. The number of nitrogens with zero attached hydrogens (tertiary/aromatic N) is 3. The number of aryl methyl sites for hydroxylation is 1. The molecular weight excluding hydrogens is 530 g/mol. The summed E-state index contributed by atoms with van der Waals surface area (Å²) in [6.07, 6.45) is 1.92. The second-order valence-corrected chi connectivity index (χ2v) is 12.9. The number of amides is 1. The molecule has 1 aromatic heterocycles. The van der Waals surface area contributed by atoms with Crippen LogP contribution in [0.25, 0.3) is 10.2 Å². The number of carbonyl (C=O) groups excluding carboxylic acids is 1. The van der Waals surface area contributed by atoms with E-state index in [9.17, 15) is 13.2 Å². The highest BCUT2D eigenvalue weighted by atomic mass is 35.5. The summed E-state index contributed by atoms with van der Waals surface area (Å²) in [6, 6.07) is 12.9. The summed E-state index contributed by atoms with van der Waals surface area (Å²) in [7, 11) is -3.34. The maximum atomic E-state index is 13.6. The van der Waals surface area contributed by atoms with Crippen LogP contribution in [-0.2, 0) is 32.2 Å². The molecule has 37 heavy (non-hydrogen) atoms. The first-order valence-corrected chi connectivity index (χ1v) is 15.0. The number of aromatic nitrogens is 1. The molecule has 0 spiro atoms. The molecule has 10 heteroatoms. The molecule has 4 rings (SSSR count). The fourth-order valence-electron chi connectivity index (χ4n) is 4.34. The lowest BCUT2D eigenvalue weighted by Crippen LogP contribution is -2.39. The zero-order chi connectivity index (χ0) is 25.7.